The minimum absolute atomic E-state index is 0.0169. The van der Waals surface area contributed by atoms with Gasteiger partial charge in [0, 0.05) is 45.6 Å². The first-order valence-corrected chi connectivity index (χ1v) is 18.6. The topological polar surface area (TPSA) is 53.1 Å². The molecule has 0 fully saturated rings. The molecular weight excluding hydrogens is 675 g/mol. The third-order valence-corrected chi connectivity index (χ3v) is 10.5. The molecule has 0 unspecified atom stereocenters. The Balaban J connectivity index is 1.14. The molecule has 55 heavy (non-hydrogen) atoms. The van der Waals surface area contributed by atoms with Crippen molar-refractivity contribution >= 4 is 43.7 Å². The van der Waals surface area contributed by atoms with Gasteiger partial charge in [0.25, 0.3) is 0 Å². The second kappa shape index (κ2) is 12.9. The lowest BCUT2D eigenvalue weighted by Crippen LogP contribution is -2.12. The molecule has 0 atom stereocenters. The van der Waals surface area contributed by atoms with E-state index in [1.807, 2.05) is 36.7 Å². The van der Waals surface area contributed by atoms with E-state index in [2.05, 4.69) is 159 Å². The van der Waals surface area contributed by atoms with Gasteiger partial charge in [-0.25, -0.2) is 4.98 Å². The van der Waals surface area contributed by atoms with Crippen molar-refractivity contribution in [2.75, 3.05) is 0 Å². The maximum atomic E-state index is 6.84. The number of pyridine rings is 2. The first kappa shape index (κ1) is 32.7. The summed E-state index contributed by atoms with van der Waals surface area (Å²) >= 11 is 0. The van der Waals surface area contributed by atoms with Crippen LogP contribution in [0, 0.1) is 0 Å². The minimum atomic E-state index is -0.0169. The van der Waals surface area contributed by atoms with Crippen molar-refractivity contribution in [1.29, 1.82) is 0 Å². The van der Waals surface area contributed by atoms with Gasteiger partial charge in [0.05, 0.1) is 16.7 Å². The van der Waals surface area contributed by atoms with Gasteiger partial charge in [-0.05, 0) is 100.0 Å². The smallest absolute Gasteiger partial charge is 0.145 e. The molecule has 4 heterocycles. The number of fused-ring (bicyclic) bond motifs is 6. The zero-order valence-electron chi connectivity index (χ0n) is 30.8. The van der Waals surface area contributed by atoms with Crippen LogP contribution in [0.15, 0.2) is 175 Å². The molecule has 4 aromatic heterocycles. The zero-order chi connectivity index (χ0) is 37.1. The van der Waals surface area contributed by atoms with Crippen LogP contribution in [0.4, 0.5) is 0 Å². The molecule has 0 spiro atoms. The molecule has 0 aliphatic heterocycles. The number of nitrogens with zero attached hydrogens (tertiary/aromatic N) is 3. The van der Waals surface area contributed by atoms with E-state index in [0.717, 1.165) is 83.4 Å². The van der Waals surface area contributed by atoms with Crippen molar-refractivity contribution < 1.29 is 9.15 Å². The largest absolute Gasteiger partial charge is 0.457 e. The summed E-state index contributed by atoms with van der Waals surface area (Å²) in [6.07, 6.45) is 3.77. The Morgan fingerprint density at radius 3 is 1.98 bits per heavy atom. The van der Waals surface area contributed by atoms with Gasteiger partial charge in [0.15, 0.2) is 0 Å². The van der Waals surface area contributed by atoms with Crippen LogP contribution in [0.5, 0.6) is 11.5 Å². The Labute approximate surface area is 319 Å². The maximum absolute atomic E-state index is 6.84. The second-order valence-corrected chi connectivity index (χ2v) is 15.1. The summed E-state index contributed by atoms with van der Waals surface area (Å²) < 4.78 is 15.8. The van der Waals surface area contributed by atoms with Crippen LogP contribution in [0.1, 0.15) is 26.3 Å². The number of para-hydroxylation sites is 1. The minimum Gasteiger partial charge on any atom is -0.457 e. The predicted octanol–water partition coefficient (Wildman–Crippen LogP) is 13.6. The fraction of sp³-hybridized carbons (Fsp3) is 0.0800. The molecule has 0 saturated heterocycles. The van der Waals surface area contributed by atoms with Gasteiger partial charge in [-0.15, -0.1) is 0 Å². The van der Waals surface area contributed by atoms with E-state index < -0.39 is 0 Å². The summed E-state index contributed by atoms with van der Waals surface area (Å²) in [5, 5.41) is 4.28. The van der Waals surface area contributed by atoms with Crippen molar-refractivity contribution in [2.45, 2.75) is 26.2 Å². The third kappa shape index (κ3) is 5.81. The van der Waals surface area contributed by atoms with Crippen LogP contribution in [-0.4, -0.2) is 14.5 Å². The lowest BCUT2D eigenvalue weighted by atomic mass is 9.88. The van der Waals surface area contributed by atoms with Crippen LogP contribution >= 0.6 is 0 Å². The molecule has 0 saturated carbocycles. The molecule has 5 nitrogen and oxygen atoms in total. The Morgan fingerprint density at radius 2 is 1.20 bits per heavy atom. The van der Waals surface area contributed by atoms with Crippen molar-refractivity contribution in [3.8, 4) is 50.8 Å². The number of furan rings is 1. The summed E-state index contributed by atoms with van der Waals surface area (Å²) in [6, 6.07) is 54.6. The highest BCUT2D eigenvalue weighted by Crippen LogP contribution is 2.42. The highest BCUT2D eigenvalue weighted by Gasteiger charge is 2.20. The van der Waals surface area contributed by atoms with Crippen LogP contribution in [0.25, 0.3) is 83.1 Å². The third-order valence-electron chi connectivity index (χ3n) is 10.5. The molecule has 0 aliphatic carbocycles. The molecule has 5 heteroatoms. The van der Waals surface area contributed by atoms with E-state index in [4.69, 9.17) is 19.1 Å². The van der Waals surface area contributed by atoms with E-state index in [0.29, 0.717) is 5.75 Å². The summed E-state index contributed by atoms with van der Waals surface area (Å²) in [4.78, 5) is 9.75. The van der Waals surface area contributed by atoms with Gasteiger partial charge in [-0.2, -0.15) is 0 Å². The number of hydrogen-bond acceptors (Lipinski definition) is 4. The summed E-state index contributed by atoms with van der Waals surface area (Å²) in [5.74, 6) is 2.29. The van der Waals surface area contributed by atoms with Gasteiger partial charge in [0.2, 0.25) is 0 Å². The fourth-order valence-corrected chi connectivity index (χ4v) is 7.70. The lowest BCUT2D eigenvalue weighted by molar-refractivity contribution is 0.484. The van der Waals surface area contributed by atoms with Crippen LogP contribution in [0.2, 0.25) is 0 Å². The number of rotatable bonds is 6. The van der Waals surface area contributed by atoms with Crippen LogP contribution < -0.4 is 4.74 Å². The van der Waals surface area contributed by atoms with Gasteiger partial charge >= 0.3 is 0 Å². The molecule has 6 aromatic carbocycles. The molecule has 0 aliphatic rings. The standard InChI is InChI=1S/C50H37N3O2/c1-50(2,3)36-23-25-52-48(28-36)53-45-17-11-10-16-39(45)40-21-19-37(31-46(40)53)54-38-29-42-41-20-18-34(32-12-6-4-7-13-32)27-47(41)55-49(42)43(30-38)44-26-35(22-24-51-44)33-14-8-5-9-15-33/h4-31H,1-3H3. The Bertz CT molecular complexity index is 3040. The lowest BCUT2D eigenvalue weighted by Gasteiger charge is -2.20. The van der Waals surface area contributed by atoms with E-state index >= 15 is 0 Å². The second-order valence-electron chi connectivity index (χ2n) is 15.1. The average Bonchev–Trinajstić information content (AvgIpc) is 3.76. The van der Waals surface area contributed by atoms with Gasteiger partial charge < -0.3 is 9.15 Å². The Morgan fingerprint density at radius 1 is 0.509 bits per heavy atom. The van der Waals surface area contributed by atoms with E-state index in [1.54, 1.807) is 0 Å². The quantitative estimate of drug-likeness (QED) is 0.172. The maximum Gasteiger partial charge on any atom is 0.145 e. The van der Waals surface area contributed by atoms with Crippen LogP contribution in [0.3, 0.4) is 0 Å². The number of hydrogen-bond donors (Lipinski definition) is 0. The number of aromatic nitrogens is 3. The summed E-state index contributed by atoms with van der Waals surface area (Å²) in [6.45, 7) is 6.69. The Kier molecular flexibility index (Phi) is 7.63. The highest BCUT2D eigenvalue weighted by molar-refractivity contribution is 6.11. The normalized spacial score (nSPS) is 11.9. The molecule has 0 N–H and O–H groups in total. The van der Waals surface area contributed by atoms with Crippen molar-refractivity contribution in [3.05, 3.63) is 176 Å². The molecule has 0 radical (unpaired) electrons. The Hall–Kier alpha value is -6.98. The summed E-state index contributed by atoms with van der Waals surface area (Å²) in [5.41, 5.74) is 11.0. The SMILES string of the molecule is CC(C)(C)c1ccnc(-n2c3ccccc3c3ccc(Oc4cc(-c5cc(-c6ccccc6)ccn5)c5oc6cc(-c7ccccc7)ccc6c5c4)cc32)c1. The monoisotopic (exact) mass is 711 g/mol. The van der Waals surface area contributed by atoms with Crippen molar-refractivity contribution in [1.82, 2.24) is 14.5 Å². The van der Waals surface area contributed by atoms with E-state index in [9.17, 15) is 0 Å². The molecule has 10 rings (SSSR count). The molecule has 264 valence electrons. The zero-order valence-corrected chi connectivity index (χ0v) is 30.8. The molecule has 0 amide bonds. The van der Waals surface area contributed by atoms with Gasteiger partial charge in [-0.3, -0.25) is 9.55 Å². The highest BCUT2D eigenvalue weighted by atomic mass is 16.5. The average molecular weight is 712 g/mol. The summed E-state index contributed by atoms with van der Waals surface area (Å²) in [7, 11) is 0. The van der Waals surface area contributed by atoms with E-state index in [1.165, 1.54) is 10.9 Å². The predicted molar refractivity (Wildman–Crippen MR) is 225 cm³/mol. The fourth-order valence-electron chi connectivity index (χ4n) is 7.70. The van der Waals surface area contributed by atoms with Crippen molar-refractivity contribution in [2.24, 2.45) is 0 Å². The molecule has 10 aromatic rings. The number of ether oxygens (including phenoxy) is 1. The van der Waals surface area contributed by atoms with Gasteiger partial charge in [0.1, 0.15) is 28.5 Å². The molecular formula is C50H37N3O2. The first-order chi connectivity index (χ1) is 26.9. The number of benzene rings is 6. The van der Waals surface area contributed by atoms with Gasteiger partial charge in [-0.1, -0.05) is 106 Å². The van der Waals surface area contributed by atoms with Crippen LogP contribution in [-0.2, 0) is 5.41 Å². The van der Waals surface area contributed by atoms with Crippen molar-refractivity contribution in [3.63, 3.8) is 0 Å². The molecule has 0 bridgehead atoms. The van der Waals surface area contributed by atoms with E-state index in [-0.39, 0.29) is 5.41 Å². The first-order valence-electron chi connectivity index (χ1n) is 18.6.